The van der Waals surface area contributed by atoms with Crippen molar-refractivity contribution in [2.75, 3.05) is 5.32 Å². The highest BCUT2D eigenvalue weighted by atomic mass is 127. The van der Waals surface area contributed by atoms with Crippen molar-refractivity contribution in [3.63, 3.8) is 0 Å². The average Bonchev–Trinajstić information content (AvgIpc) is 2.77. The summed E-state index contributed by atoms with van der Waals surface area (Å²) in [5.41, 5.74) is 1.58. The van der Waals surface area contributed by atoms with Crippen LogP contribution in [-0.2, 0) is 11.4 Å². The third kappa shape index (κ3) is 6.15. The molecule has 0 aliphatic rings. The molecule has 0 aliphatic heterocycles. The molecule has 0 saturated carbocycles. The number of hydrogen-bond donors (Lipinski definition) is 1. The summed E-state index contributed by atoms with van der Waals surface area (Å²) in [6.45, 7) is 0.402. The first kappa shape index (κ1) is 23.4. The van der Waals surface area contributed by atoms with Crippen LogP contribution < -0.4 is 10.1 Å². The quantitative estimate of drug-likeness (QED) is 0.116. The van der Waals surface area contributed by atoms with Gasteiger partial charge in [0.15, 0.2) is 0 Å². The number of amides is 1. The Morgan fingerprint density at radius 3 is 2.59 bits per heavy atom. The summed E-state index contributed by atoms with van der Waals surface area (Å²) in [6.07, 6.45) is 1.45. The first-order valence-electron chi connectivity index (χ1n) is 9.20. The molecule has 0 aliphatic carbocycles. The van der Waals surface area contributed by atoms with Gasteiger partial charge in [0, 0.05) is 17.8 Å². The highest BCUT2D eigenvalue weighted by molar-refractivity contribution is 14.1. The summed E-state index contributed by atoms with van der Waals surface area (Å²) in [5, 5.41) is 22.9. The minimum atomic E-state index is -0.663. The Morgan fingerprint density at radius 2 is 1.94 bits per heavy atom. The van der Waals surface area contributed by atoms with Crippen LogP contribution in [0.2, 0.25) is 0 Å². The molecule has 0 fully saturated rings. The molecule has 0 spiro atoms. The highest BCUT2D eigenvalue weighted by Gasteiger charge is 2.14. The minimum absolute atomic E-state index is 0.142. The zero-order valence-electron chi connectivity index (χ0n) is 16.4. The zero-order chi connectivity index (χ0) is 23.1. The van der Waals surface area contributed by atoms with Gasteiger partial charge in [-0.3, -0.25) is 14.9 Å². The van der Waals surface area contributed by atoms with Gasteiger partial charge in [0.25, 0.3) is 11.6 Å². The first-order chi connectivity index (χ1) is 15.4. The number of rotatable bonds is 7. The Bertz CT molecular complexity index is 1220. The van der Waals surface area contributed by atoms with Crippen LogP contribution >= 0.6 is 38.5 Å². The molecule has 9 heteroatoms. The van der Waals surface area contributed by atoms with Crippen molar-refractivity contribution in [1.82, 2.24) is 0 Å². The van der Waals surface area contributed by atoms with E-state index in [2.05, 4.69) is 43.8 Å². The van der Waals surface area contributed by atoms with E-state index < -0.39 is 10.8 Å². The largest absolute Gasteiger partial charge is 0.487 e. The maximum Gasteiger partial charge on any atom is 0.271 e. The van der Waals surface area contributed by atoms with Crippen LogP contribution in [-0.4, -0.2) is 10.8 Å². The van der Waals surface area contributed by atoms with Gasteiger partial charge < -0.3 is 10.1 Å². The third-order valence-corrected chi connectivity index (χ3v) is 5.63. The summed E-state index contributed by atoms with van der Waals surface area (Å²) >= 11 is 5.62. The van der Waals surface area contributed by atoms with E-state index in [4.69, 9.17) is 4.74 Å². The molecule has 160 valence electrons. The van der Waals surface area contributed by atoms with Crippen LogP contribution in [0.25, 0.3) is 6.08 Å². The van der Waals surface area contributed by atoms with Gasteiger partial charge in [-0.25, -0.2) is 0 Å². The first-order valence-corrected chi connectivity index (χ1v) is 11.1. The van der Waals surface area contributed by atoms with Gasteiger partial charge in [0.2, 0.25) is 0 Å². The summed E-state index contributed by atoms with van der Waals surface area (Å²) in [4.78, 5) is 22.9. The maximum absolute atomic E-state index is 12.5. The molecule has 0 saturated heterocycles. The van der Waals surface area contributed by atoms with Gasteiger partial charge >= 0.3 is 0 Å². The Kier molecular flexibility index (Phi) is 7.97. The van der Waals surface area contributed by atoms with Crippen molar-refractivity contribution in [3.8, 4) is 11.8 Å². The standard InChI is InChI=1S/C23H15BrIN3O4/c24-20-10-16(11-21(25)22(20)32-14-15-5-2-1-3-6-15)9-17(13-26)23(29)27-18-7-4-8-19(12-18)28(30)31/h1-12H,14H2,(H,27,29)/b17-9+. The van der Waals surface area contributed by atoms with E-state index in [1.807, 2.05) is 36.4 Å². The van der Waals surface area contributed by atoms with Crippen LogP contribution in [0.4, 0.5) is 11.4 Å². The molecule has 3 aromatic carbocycles. The number of non-ortho nitro benzene ring substituents is 1. The maximum atomic E-state index is 12.5. The Hall–Kier alpha value is -3.23. The van der Waals surface area contributed by atoms with Gasteiger partial charge in [0.05, 0.1) is 13.0 Å². The number of nitriles is 1. The molecule has 3 aromatic rings. The predicted molar refractivity (Wildman–Crippen MR) is 133 cm³/mol. The van der Waals surface area contributed by atoms with Crippen molar-refractivity contribution < 1.29 is 14.5 Å². The van der Waals surface area contributed by atoms with Crippen molar-refractivity contribution in [2.45, 2.75) is 6.61 Å². The number of hydrogen-bond acceptors (Lipinski definition) is 5. The lowest BCUT2D eigenvalue weighted by Crippen LogP contribution is -2.13. The van der Waals surface area contributed by atoms with E-state index in [0.717, 1.165) is 9.13 Å². The molecule has 0 radical (unpaired) electrons. The lowest BCUT2D eigenvalue weighted by molar-refractivity contribution is -0.384. The van der Waals surface area contributed by atoms with Crippen LogP contribution in [0.1, 0.15) is 11.1 Å². The predicted octanol–water partition coefficient (Wildman–Crippen LogP) is 6.09. The van der Waals surface area contributed by atoms with E-state index >= 15 is 0 Å². The number of benzene rings is 3. The van der Waals surface area contributed by atoms with Gasteiger partial charge in [0.1, 0.15) is 24.0 Å². The van der Waals surface area contributed by atoms with Crippen molar-refractivity contribution in [3.05, 3.63) is 102 Å². The number of nitro benzene ring substituents is 1. The van der Waals surface area contributed by atoms with Crippen LogP contribution in [0.3, 0.4) is 0 Å². The van der Waals surface area contributed by atoms with Crippen molar-refractivity contribution in [2.24, 2.45) is 0 Å². The molecular weight excluding hydrogens is 589 g/mol. The second-order valence-corrected chi connectivity index (χ2v) is 8.54. The highest BCUT2D eigenvalue weighted by Crippen LogP contribution is 2.33. The van der Waals surface area contributed by atoms with Crippen molar-refractivity contribution in [1.29, 1.82) is 5.26 Å². The molecule has 32 heavy (non-hydrogen) atoms. The van der Waals surface area contributed by atoms with Gasteiger partial charge in [-0.2, -0.15) is 5.26 Å². The second kappa shape index (κ2) is 10.9. The molecule has 0 bridgehead atoms. The number of halogens is 2. The molecule has 0 heterocycles. The SMILES string of the molecule is N#C/C(=C\c1cc(Br)c(OCc2ccccc2)c(I)c1)C(=O)Nc1cccc([N+](=O)[O-])c1. The summed E-state index contributed by atoms with van der Waals surface area (Å²) < 4.78 is 7.41. The number of ether oxygens (including phenoxy) is 1. The number of carbonyl (C=O) groups excluding carboxylic acids is 1. The van der Waals surface area contributed by atoms with Gasteiger partial charge in [-0.1, -0.05) is 36.4 Å². The van der Waals surface area contributed by atoms with E-state index in [1.165, 1.54) is 30.3 Å². The number of anilines is 1. The van der Waals surface area contributed by atoms with E-state index in [9.17, 15) is 20.2 Å². The van der Waals surface area contributed by atoms with Crippen LogP contribution in [0.5, 0.6) is 5.75 Å². The van der Waals surface area contributed by atoms with E-state index in [-0.39, 0.29) is 16.9 Å². The van der Waals surface area contributed by atoms with E-state index in [0.29, 0.717) is 22.4 Å². The summed E-state index contributed by atoms with van der Waals surface area (Å²) in [6, 6.07) is 20.7. The molecule has 0 unspecified atom stereocenters. The topological polar surface area (TPSA) is 105 Å². The normalized spacial score (nSPS) is 10.8. The fraction of sp³-hybridized carbons (Fsp3) is 0.0435. The molecule has 0 atom stereocenters. The van der Waals surface area contributed by atoms with Gasteiger partial charge in [-0.15, -0.1) is 0 Å². The second-order valence-electron chi connectivity index (χ2n) is 6.52. The Labute approximate surface area is 206 Å². The fourth-order valence-corrected chi connectivity index (χ4v) is 4.51. The minimum Gasteiger partial charge on any atom is -0.487 e. The number of nitrogens with zero attached hydrogens (tertiary/aromatic N) is 2. The monoisotopic (exact) mass is 603 g/mol. The fourth-order valence-electron chi connectivity index (χ4n) is 2.74. The Morgan fingerprint density at radius 1 is 1.19 bits per heavy atom. The molecule has 7 nitrogen and oxygen atoms in total. The average molecular weight is 604 g/mol. The number of nitro groups is 1. The molecule has 1 amide bonds. The lowest BCUT2D eigenvalue weighted by atomic mass is 10.1. The zero-order valence-corrected chi connectivity index (χ0v) is 20.2. The molecule has 1 N–H and O–H groups in total. The van der Waals surface area contributed by atoms with Gasteiger partial charge in [-0.05, 0) is 73.9 Å². The molecular formula is C23H15BrIN3O4. The molecule has 0 aromatic heterocycles. The number of carbonyl (C=O) groups is 1. The van der Waals surface area contributed by atoms with E-state index in [1.54, 1.807) is 12.1 Å². The van der Waals surface area contributed by atoms with Crippen molar-refractivity contribution >= 4 is 61.9 Å². The number of nitrogens with one attached hydrogen (secondary N) is 1. The molecule has 3 rings (SSSR count). The summed E-state index contributed by atoms with van der Waals surface area (Å²) in [5.74, 6) is -0.00492. The Balaban J connectivity index is 1.78. The smallest absolute Gasteiger partial charge is 0.271 e. The van der Waals surface area contributed by atoms with Crippen LogP contribution in [0, 0.1) is 25.0 Å². The lowest BCUT2D eigenvalue weighted by Gasteiger charge is -2.12. The summed E-state index contributed by atoms with van der Waals surface area (Å²) in [7, 11) is 0. The third-order valence-electron chi connectivity index (χ3n) is 4.24. The van der Waals surface area contributed by atoms with Crippen LogP contribution in [0.15, 0.2) is 76.8 Å².